The van der Waals surface area contributed by atoms with Crippen LogP contribution in [0.5, 0.6) is 5.88 Å². The second-order valence-electron chi connectivity index (χ2n) is 7.98. The third kappa shape index (κ3) is 4.35. The van der Waals surface area contributed by atoms with Gasteiger partial charge in [-0.3, -0.25) is 4.79 Å². The molecule has 0 radical (unpaired) electrons. The van der Waals surface area contributed by atoms with E-state index in [0.29, 0.717) is 29.8 Å². The molecule has 8 nitrogen and oxygen atoms in total. The number of halogens is 3. The summed E-state index contributed by atoms with van der Waals surface area (Å²) in [6.07, 6.45) is -1.77. The predicted molar refractivity (Wildman–Crippen MR) is 108 cm³/mol. The summed E-state index contributed by atoms with van der Waals surface area (Å²) in [5.74, 6) is 1.22. The zero-order chi connectivity index (χ0) is 22.3. The Labute approximate surface area is 177 Å². The second-order valence-corrected chi connectivity index (χ2v) is 7.98. The number of anilines is 3. The molecule has 0 spiro atoms. The fraction of sp³-hybridized carbons (Fsp3) is 0.500. The van der Waals surface area contributed by atoms with Crippen LogP contribution >= 0.6 is 0 Å². The number of amides is 1. The number of aryl methyl sites for hydroxylation is 1. The maximum absolute atomic E-state index is 12.8. The Morgan fingerprint density at radius 1 is 1.32 bits per heavy atom. The van der Waals surface area contributed by atoms with Crippen molar-refractivity contribution >= 4 is 23.4 Å². The van der Waals surface area contributed by atoms with Crippen molar-refractivity contribution in [2.75, 3.05) is 29.2 Å². The van der Waals surface area contributed by atoms with Gasteiger partial charge in [-0.2, -0.15) is 18.2 Å². The van der Waals surface area contributed by atoms with Crippen molar-refractivity contribution in [3.63, 3.8) is 0 Å². The molecule has 2 aromatic heterocycles. The van der Waals surface area contributed by atoms with Crippen LogP contribution in [0.2, 0.25) is 0 Å². The summed E-state index contributed by atoms with van der Waals surface area (Å²) >= 11 is 0. The lowest BCUT2D eigenvalue weighted by Gasteiger charge is -2.36. The number of pyridine rings is 1. The summed E-state index contributed by atoms with van der Waals surface area (Å²) in [5.41, 5.74) is 0.514. The number of carbonyl (C=O) groups excluding carboxylic acids is 1. The Hall–Kier alpha value is -3.11. The van der Waals surface area contributed by atoms with Crippen LogP contribution in [-0.4, -0.2) is 46.6 Å². The van der Waals surface area contributed by atoms with Gasteiger partial charge in [0.25, 0.3) is 0 Å². The number of carbonyl (C=O) groups is 1. The van der Waals surface area contributed by atoms with Crippen LogP contribution in [0.1, 0.15) is 31.0 Å². The Morgan fingerprint density at radius 3 is 2.77 bits per heavy atom. The first-order valence-corrected chi connectivity index (χ1v) is 9.96. The lowest BCUT2D eigenvalue weighted by atomic mass is 9.81. The molecule has 1 fully saturated rings. The number of aromatic nitrogens is 3. The third-order valence-corrected chi connectivity index (χ3v) is 5.71. The van der Waals surface area contributed by atoms with Crippen molar-refractivity contribution < 1.29 is 22.7 Å². The Kier molecular flexibility index (Phi) is 5.36. The fourth-order valence-electron chi connectivity index (χ4n) is 3.65. The average Bonchev–Trinajstić information content (AvgIpc) is 2.68. The van der Waals surface area contributed by atoms with Crippen LogP contribution in [0.25, 0.3) is 0 Å². The minimum absolute atomic E-state index is 0.0286. The molecular formula is C20H23F3N6O2. The number of fused-ring (bicyclic) bond motifs is 1. The topological polar surface area (TPSA) is 92.3 Å². The van der Waals surface area contributed by atoms with Gasteiger partial charge >= 0.3 is 6.18 Å². The number of nitrogens with zero attached hydrogens (tertiary/aromatic N) is 4. The highest BCUT2D eigenvalue weighted by Crippen LogP contribution is 2.35. The van der Waals surface area contributed by atoms with E-state index in [1.165, 1.54) is 0 Å². The minimum Gasteiger partial charge on any atom is -0.477 e. The smallest absolute Gasteiger partial charge is 0.416 e. The van der Waals surface area contributed by atoms with E-state index in [1.807, 2.05) is 18.9 Å². The number of alkyl halides is 3. The number of likely N-dealkylation sites (N-methyl/N-ethyl adjacent to an activating group) is 1. The highest BCUT2D eigenvalue weighted by atomic mass is 19.4. The van der Waals surface area contributed by atoms with Crippen LogP contribution < -0.4 is 20.3 Å². The Morgan fingerprint density at radius 2 is 2.06 bits per heavy atom. The number of nitrogens with one attached hydrogen (secondary N) is 2. The molecule has 1 atom stereocenters. The normalized spacial score (nSPS) is 23.0. The molecule has 0 unspecified atom stereocenters. The van der Waals surface area contributed by atoms with Crippen molar-refractivity contribution in [2.45, 2.75) is 44.9 Å². The molecule has 166 valence electrons. The molecule has 2 aliphatic rings. The van der Waals surface area contributed by atoms with E-state index in [1.54, 1.807) is 6.92 Å². The summed E-state index contributed by atoms with van der Waals surface area (Å²) in [6.45, 7) is 3.91. The van der Waals surface area contributed by atoms with Gasteiger partial charge in [0.2, 0.25) is 17.7 Å². The van der Waals surface area contributed by atoms with Gasteiger partial charge < -0.3 is 20.3 Å². The van der Waals surface area contributed by atoms with Crippen LogP contribution in [-0.2, 0) is 11.0 Å². The van der Waals surface area contributed by atoms with Crippen LogP contribution in [0.3, 0.4) is 0 Å². The zero-order valence-corrected chi connectivity index (χ0v) is 17.3. The highest BCUT2D eigenvalue weighted by Gasteiger charge is 2.34. The van der Waals surface area contributed by atoms with Crippen LogP contribution in [0.4, 0.5) is 30.6 Å². The van der Waals surface area contributed by atoms with Crippen molar-refractivity contribution in [1.82, 2.24) is 15.0 Å². The van der Waals surface area contributed by atoms with E-state index >= 15 is 0 Å². The first-order valence-electron chi connectivity index (χ1n) is 9.96. The third-order valence-electron chi connectivity index (χ3n) is 5.71. The molecule has 1 aliphatic carbocycles. The average molecular weight is 436 g/mol. The van der Waals surface area contributed by atoms with Gasteiger partial charge in [0.05, 0.1) is 17.9 Å². The molecule has 1 amide bonds. The van der Waals surface area contributed by atoms with E-state index in [0.717, 1.165) is 31.2 Å². The maximum Gasteiger partial charge on any atom is 0.416 e. The Balaban J connectivity index is 1.32. The van der Waals surface area contributed by atoms with E-state index in [9.17, 15) is 18.0 Å². The monoisotopic (exact) mass is 436 g/mol. The molecule has 0 bridgehead atoms. The van der Waals surface area contributed by atoms with E-state index in [-0.39, 0.29) is 29.8 Å². The molecule has 11 heteroatoms. The van der Waals surface area contributed by atoms with Crippen molar-refractivity contribution in [3.8, 4) is 5.88 Å². The molecule has 31 heavy (non-hydrogen) atoms. The highest BCUT2D eigenvalue weighted by molar-refractivity contribution is 6.03. The second kappa shape index (κ2) is 7.86. The number of ether oxygens (including phenoxy) is 1. The molecule has 1 aliphatic heterocycles. The molecule has 0 aromatic carbocycles. The first kappa shape index (κ1) is 21.1. The van der Waals surface area contributed by atoms with Gasteiger partial charge in [-0.1, -0.05) is 0 Å². The molecule has 3 heterocycles. The van der Waals surface area contributed by atoms with Gasteiger partial charge in [0, 0.05) is 25.4 Å². The lowest BCUT2D eigenvalue weighted by molar-refractivity contribution is -0.137. The minimum atomic E-state index is -4.42. The number of rotatable bonds is 5. The SMILES string of the molecule is Cc1nc(N[C@H]2C[C@H](COc3cc(C(F)(F)F)ccn3)C2)nc2c1NC(=O)[C@H](C)N2C. The van der Waals surface area contributed by atoms with Crippen molar-refractivity contribution in [3.05, 3.63) is 29.6 Å². The zero-order valence-electron chi connectivity index (χ0n) is 17.3. The van der Waals surface area contributed by atoms with Crippen LogP contribution in [0, 0.1) is 12.8 Å². The summed E-state index contributed by atoms with van der Waals surface area (Å²) in [7, 11) is 1.82. The van der Waals surface area contributed by atoms with Gasteiger partial charge in [-0.25, -0.2) is 9.97 Å². The van der Waals surface area contributed by atoms with Crippen LogP contribution in [0.15, 0.2) is 18.3 Å². The largest absolute Gasteiger partial charge is 0.477 e. The quantitative estimate of drug-likeness (QED) is 0.743. The molecule has 2 aromatic rings. The van der Waals surface area contributed by atoms with E-state index in [4.69, 9.17) is 4.74 Å². The van der Waals surface area contributed by atoms with Gasteiger partial charge in [0.1, 0.15) is 11.7 Å². The molecular weight excluding hydrogens is 413 g/mol. The van der Waals surface area contributed by atoms with Gasteiger partial charge in [-0.05, 0) is 38.7 Å². The summed E-state index contributed by atoms with van der Waals surface area (Å²) < 4.78 is 43.8. The molecule has 1 saturated carbocycles. The van der Waals surface area contributed by atoms with E-state index in [2.05, 4.69) is 25.6 Å². The number of hydrogen-bond acceptors (Lipinski definition) is 7. The summed E-state index contributed by atoms with van der Waals surface area (Å²) in [5, 5.41) is 6.13. The standard InChI is InChI=1S/C20H23F3N6O2/c1-10-16-17(29(3)11(2)18(30)27-16)28-19(25-10)26-14-6-12(7-14)9-31-15-8-13(4-5-24-15)20(21,22)23/h4-5,8,11-12,14H,6-7,9H2,1-3H3,(H,27,30)(H,25,26,28)/t11-,12-,14-/m0/s1. The van der Waals surface area contributed by atoms with Gasteiger partial charge in [0.15, 0.2) is 5.82 Å². The predicted octanol–water partition coefficient (Wildman–Crippen LogP) is 3.25. The fourth-order valence-corrected chi connectivity index (χ4v) is 3.65. The molecule has 2 N–H and O–H groups in total. The summed E-state index contributed by atoms with van der Waals surface area (Å²) in [4.78, 5) is 26.7. The summed E-state index contributed by atoms with van der Waals surface area (Å²) in [6, 6.07) is 1.64. The lowest BCUT2D eigenvalue weighted by Crippen LogP contribution is -2.45. The molecule has 4 rings (SSSR count). The number of hydrogen-bond donors (Lipinski definition) is 2. The molecule has 0 saturated heterocycles. The maximum atomic E-state index is 12.8. The van der Waals surface area contributed by atoms with Gasteiger partial charge in [-0.15, -0.1) is 0 Å². The Bertz CT molecular complexity index is 993. The first-order chi connectivity index (χ1) is 14.6. The van der Waals surface area contributed by atoms with E-state index < -0.39 is 11.7 Å². The van der Waals surface area contributed by atoms with Crippen molar-refractivity contribution in [1.29, 1.82) is 0 Å². The van der Waals surface area contributed by atoms with Crippen molar-refractivity contribution in [2.24, 2.45) is 5.92 Å².